The molecule has 38 heavy (non-hydrogen) atoms. The molecule has 2 heterocycles. The first-order chi connectivity index (χ1) is 17.4. The molecule has 210 valence electrons. The second kappa shape index (κ2) is 14.5. The smallest absolute Gasteiger partial charge is 0.307 e. The fourth-order valence-electron chi connectivity index (χ4n) is 4.29. The molecule has 0 saturated carbocycles. The van der Waals surface area contributed by atoms with E-state index in [2.05, 4.69) is 4.90 Å². The molecule has 1 atom stereocenters. The molecule has 1 saturated heterocycles. The molecule has 0 bridgehead atoms. The van der Waals surface area contributed by atoms with Crippen LogP contribution in [0.4, 0.5) is 13.2 Å². The number of rotatable bonds is 10. The van der Waals surface area contributed by atoms with Gasteiger partial charge in [0.05, 0.1) is 16.5 Å². The summed E-state index contributed by atoms with van der Waals surface area (Å²) in [5.74, 6) is -0.859. The third kappa shape index (κ3) is 7.94. The molecular formula is C27H32Cl2F3NO5. The number of ether oxygens (including phenoxy) is 3. The van der Waals surface area contributed by atoms with Crippen molar-refractivity contribution in [1.82, 2.24) is 4.90 Å². The minimum Gasteiger partial charge on any atom is -0.489 e. The molecule has 0 amide bonds. The zero-order valence-electron chi connectivity index (χ0n) is 19.9. The Balaban J connectivity index is 0.00000253. The van der Waals surface area contributed by atoms with Crippen molar-refractivity contribution < 1.29 is 37.3 Å². The van der Waals surface area contributed by atoms with Gasteiger partial charge >= 0.3 is 5.97 Å². The normalized spacial score (nSPS) is 16.9. The predicted octanol–water partition coefficient (Wildman–Crippen LogP) is 6.37. The standard InChI is InChI=1S/C26H27ClF3NO5.CH4.ClH/c27-22-7-16(3-4-24(22)36-20(10-28)11-29)14-34-19-8-23(30)21-6-17(15-35-25(21)9-19)12-31-5-1-2-18(13-31)26(32)33;;/h3-4,6-9,18,20H,1-2,5,10-15H2,(H,32,33);1H4;1H/t18-;;/m1../s1. The van der Waals surface area contributed by atoms with E-state index in [4.69, 9.17) is 25.8 Å². The summed E-state index contributed by atoms with van der Waals surface area (Å²) in [7, 11) is 0. The van der Waals surface area contributed by atoms with Gasteiger partial charge in [0.2, 0.25) is 0 Å². The molecule has 0 aliphatic carbocycles. The number of nitrogens with zero attached hydrogens (tertiary/aromatic N) is 1. The maximum absolute atomic E-state index is 14.9. The predicted molar refractivity (Wildman–Crippen MR) is 143 cm³/mol. The number of hydrogen-bond acceptors (Lipinski definition) is 5. The zero-order valence-corrected chi connectivity index (χ0v) is 21.5. The van der Waals surface area contributed by atoms with Crippen molar-refractivity contribution in [3.63, 3.8) is 0 Å². The third-order valence-electron chi connectivity index (χ3n) is 6.15. The lowest BCUT2D eigenvalue weighted by atomic mass is 9.97. The minimum absolute atomic E-state index is 0. The molecule has 2 aliphatic heterocycles. The highest BCUT2D eigenvalue weighted by atomic mass is 35.5. The molecule has 11 heteroatoms. The Kier molecular flexibility index (Phi) is 12.1. The summed E-state index contributed by atoms with van der Waals surface area (Å²) in [6.45, 7) is 0.214. The number of carbonyl (C=O) groups is 1. The van der Waals surface area contributed by atoms with Crippen LogP contribution in [0.25, 0.3) is 6.08 Å². The summed E-state index contributed by atoms with van der Waals surface area (Å²) in [5.41, 5.74) is 1.86. The summed E-state index contributed by atoms with van der Waals surface area (Å²) in [4.78, 5) is 13.4. The van der Waals surface area contributed by atoms with Crippen molar-refractivity contribution in [2.45, 2.75) is 33.0 Å². The van der Waals surface area contributed by atoms with E-state index in [9.17, 15) is 23.1 Å². The van der Waals surface area contributed by atoms with E-state index in [-0.39, 0.29) is 55.5 Å². The van der Waals surface area contributed by atoms with Gasteiger partial charge in [-0.2, -0.15) is 0 Å². The van der Waals surface area contributed by atoms with Crippen LogP contribution >= 0.6 is 24.0 Å². The van der Waals surface area contributed by atoms with Gasteiger partial charge in [-0.05, 0) is 48.7 Å². The third-order valence-corrected chi connectivity index (χ3v) is 6.44. The van der Waals surface area contributed by atoms with Gasteiger partial charge in [-0.3, -0.25) is 9.69 Å². The van der Waals surface area contributed by atoms with Crippen molar-refractivity contribution in [2.75, 3.05) is 39.6 Å². The molecule has 4 rings (SSSR count). The first kappa shape index (κ1) is 31.6. The van der Waals surface area contributed by atoms with Crippen LogP contribution in [0.15, 0.2) is 35.9 Å². The molecule has 6 nitrogen and oxygen atoms in total. The van der Waals surface area contributed by atoms with Gasteiger partial charge in [0.1, 0.15) is 49.6 Å². The van der Waals surface area contributed by atoms with E-state index in [0.717, 1.165) is 18.5 Å². The van der Waals surface area contributed by atoms with Crippen molar-refractivity contribution in [3.8, 4) is 17.2 Å². The Hall–Kier alpha value is -2.62. The molecule has 1 fully saturated rings. The summed E-state index contributed by atoms with van der Waals surface area (Å²) in [6, 6.07) is 7.59. The second-order valence-corrected chi connectivity index (χ2v) is 9.33. The molecule has 0 unspecified atom stereocenters. The van der Waals surface area contributed by atoms with E-state index < -0.39 is 31.2 Å². The van der Waals surface area contributed by atoms with Crippen LogP contribution in [0.1, 0.15) is 31.4 Å². The minimum atomic E-state index is -1.21. The zero-order chi connectivity index (χ0) is 25.7. The highest BCUT2D eigenvalue weighted by molar-refractivity contribution is 6.32. The largest absolute Gasteiger partial charge is 0.489 e. The van der Waals surface area contributed by atoms with E-state index in [0.29, 0.717) is 36.4 Å². The molecule has 0 aromatic heterocycles. The second-order valence-electron chi connectivity index (χ2n) is 8.92. The molecule has 2 aliphatic rings. The number of aliphatic carboxylic acids is 1. The Labute approximate surface area is 231 Å². The van der Waals surface area contributed by atoms with Crippen LogP contribution in [0.2, 0.25) is 5.02 Å². The Morgan fingerprint density at radius 1 is 1.24 bits per heavy atom. The number of piperidine rings is 1. The lowest BCUT2D eigenvalue weighted by Gasteiger charge is -2.32. The Morgan fingerprint density at radius 3 is 2.68 bits per heavy atom. The monoisotopic (exact) mass is 577 g/mol. The van der Waals surface area contributed by atoms with Crippen molar-refractivity contribution in [1.29, 1.82) is 0 Å². The number of carboxylic acid groups (broad SMARTS) is 1. The highest BCUT2D eigenvalue weighted by Crippen LogP contribution is 2.34. The molecule has 2 aromatic rings. The van der Waals surface area contributed by atoms with Crippen LogP contribution in [-0.4, -0.2) is 61.7 Å². The van der Waals surface area contributed by atoms with Crippen molar-refractivity contribution in [2.24, 2.45) is 5.92 Å². The lowest BCUT2D eigenvalue weighted by molar-refractivity contribution is -0.143. The molecule has 0 radical (unpaired) electrons. The van der Waals surface area contributed by atoms with Gasteiger partial charge in [0, 0.05) is 25.2 Å². The summed E-state index contributed by atoms with van der Waals surface area (Å²) in [6.07, 6.45) is 2.03. The average Bonchev–Trinajstić information content (AvgIpc) is 2.87. The average molecular weight is 578 g/mol. The number of carboxylic acids is 1. The first-order valence-electron chi connectivity index (χ1n) is 11.7. The van der Waals surface area contributed by atoms with Crippen LogP contribution in [0, 0.1) is 11.7 Å². The SMILES string of the molecule is C.Cl.O=C(O)[C@@H]1CCCN(CC2=Cc3c(F)cc(OCc4ccc(OC(CF)CF)c(Cl)c4)cc3OC2)C1. The van der Waals surface area contributed by atoms with Crippen LogP contribution in [0.5, 0.6) is 17.2 Å². The fraction of sp³-hybridized carbons (Fsp3) is 0.444. The number of likely N-dealkylation sites (tertiary alicyclic amines) is 1. The van der Waals surface area contributed by atoms with E-state index in [1.165, 1.54) is 12.1 Å². The number of alkyl halides is 2. The maximum atomic E-state index is 14.9. The van der Waals surface area contributed by atoms with Gasteiger partial charge in [0.25, 0.3) is 0 Å². The number of halogens is 5. The Morgan fingerprint density at radius 2 is 2.00 bits per heavy atom. The fourth-order valence-corrected chi connectivity index (χ4v) is 4.54. The van der Waals surface area contributed by atoms with Crippen molar-refractivity contribution in [3.05, 3.63) is 57.9 Å². The number of fused-ring (bicyclic) bond motifs is 1. The summed E-state index contributed by atoms with van der Waals surface area (Å²) in [5, 5.41) is 9.47. The van der Waals surface area contributed by atoms with Crippen LogP contribution in [0.3, 0.4) is 0 Å². The lowest BCUT2D eigenvalue weighted by Crippen LogP contribution is -2.40. The Bertz CT molecular complexity index is 1130. The molecule has 0 spiro atoms. The molecular weight excluding hydrogens is 546 g/mol. The summed E-state index contributed by atoms with van der Waals surface area (Å²) >= 11 is 6.15. The number of hydrogen-bond donors (Lipinski definition) is 1. The van der Waals surface area contributed by atoms with Gasteiger partial charge in [0.15, 0.2) is 6.10 Å². The van der Waals surface area contributed by atoms with Gasteiger partial charge in [-0.1, -0.05) is 25.1 Å². The first-order valence-corrected chi connectivity index (χ1v) is 12.0. The summed E-state index contributed by atoms with van der Waals surface area (Å²) < 4.78 is 57.0. The van der Waals surface area contributed by atoms with Crippen molar-refractivity contribution >= 4 is 36.1 Å². The van der Waals surface area contributed by atoms with Crippen LogP contribution in [-0.2, 0) is 11.4 Å². The topological polar surface area (TPSA) is 68.2 Å². The molecule has 1 N–H and O–H groups in total. The van der Waals surface area contributed by atoms with Crippen LogP contribution < -0.4 is 14.2 Å². The van der Waals surface area contributed by atoms with Gasteiger partial charge in [-0.15, -0.1) is 12.4 Å². The van der Waals surface area contributed by atoms with Gasteiger partial charge < -0.3 is 19.3 Å². The van der Waals surface area contributed by atoms with Gasteiger partial charge in [-0.25, -0.2) is 13.2 Å². The quantitative estimate of drug-likeness (QED) is 0.353. The maximum Gasteiger partial charge on any atom is 0.307 e. The van der Waals surface area contributed by atoms with E-state index >= 15 is 0 Å². The molecule has 2 aromatic carbocycles. The highest BCUT2D eigenvalue weighted by Gasteiger charge is 2.27. The number of benzene rings is 2. The van der Waals surface area contributed by atoms with E-state index in [1.54, 1.807) is 24.3 Å². The van der Waals surface area contributed by atoms with E-state index in [1.807, 2.05) is 0 Å².